The van der Waals surface area contributed by atoms with E-state index < -0.39 is 5.79 Å². The first kappa shape index (κ1) is 12.4. The summed E-state index contributed by atoms with van der Waals surface area (Å²) in [7, 11) is 0. The molecule has 102 valence electrons. The Morgan fingerprint density at radius 3 is 2.95 bits per heavy atom. The number of rotatable bonds is 4. The molecule has 2 heterocycles. The zero-order valence-corrected chi connectivity index (χ0v) is 10.6. The maximum Gasteiger partial charge on any atom is 0.295 e. The van der Waals surface area contributed by atoms with Crippen molar-refractivity contribution >= 4 is 17.1 Å². The fourth-order valence-corrected chi connectivity index (χ4v) is 2.07. The third-order valence-corrected chi connectivity index (χ3v) is 3.10. The van der Waals surface area contributed by atoms with Gasteiger partial charge in [0.05, 0.1) is 13.2 Å². The molecule has 5 nitrogen and oxygen atoms in total. The van der Waals surface area contributed by atoms with Crippen molar-refractivity contribution in [2.75, 3.05) is 25.1 Å². The minimum absolute atomic E-state index is 0.326. The van der Waals surface area contributed by atoms with E-state index in [-0.39, 0.29) is 5.82 Å². The molecule has 19 heavy (non-hydrogen) atoms. The Morgan fingerprint density at radius 1 is 1.37 bits per heavy atom. The molecule has 0 atom stereocenters. The summed E-state index contributed by atoms with van der Waals surface area (Å²) in [5.41, 5.74) is 1.06. The highest BCUT2D eigenvalue weighted by Gasteiger charge is 2.30. The van der Waals surface area contributed by atoms with Gasteiger partial charge in [0.1, 0.15) is 11.3 Å². The van der Waals surface area contributed by atoms with Crippen LogP contribution in [-0.2, 0) is 9.47 Å². The average molecular weight is 266 g/mol. The summed E-state index contributed by atoms with van der Waals surface area (Å²) in [6.45, 7) is 3.76. The molecule has 0 saturated carbocycles. The first-order valence-corrected chi connectivity index (χ1v) is 6.23. The highest BCUT2D eigenvalue weighted by molar-refractivity contribution is 5.74. The lowest BCUT2D eigenvalue weighted by Gasteiger charge is -2.21. The van der Waals surface area contributed by atoms with E-state index >= 15 is 0 Å². The van der Waals surface area contributed by atoms with E-state index in [1.165, 1.54) is 12.1 Å². The summed E-state index contributed by atoms with van der Waals surface area (Å²) in [4.78, 5) is 4.16. The van der Waals surface area contributed by atoms with Crippen LogP contribution in [-0.4, -0.2) is 30.5 Å². The lowest BCUT2D eigenvalue weighted by atomic mass is 10.2. The first-order valence-electron chi connectivity index (χ1n) is 6.23. The molecule has 1 saturated heterocycles. The van der Waals surface area contributed by atoms with Crippen LogP contribution in [0.2, 0.25) is 0 Å². The van der Waals surface area contributed by atoms with Crippen molar-refractivity contribution in [3.63, 3.8) is 0 Å². The fourth-order valence-electron chi connectivity index (χ4n) is 2.07. The molecule has 1 aromatic carbocycles. The van der Waals surface area contributed by atoms with Gasteiger partial charge in [0.25, 0.3) is 6.01 Å². The van der Waals surface area contributed by atoms with Gasteiger partial charge in [0, 0.05) is 19.0 Å². The molecule has 2 aromatic rings. The van der Waals surface area contributed by atoms with Crippen molar-refractivity contribution in [2.24, 2.45) is 0 Å². The monoisotopic (exact) mass is 266 g/mol. The number of nitrogens with zero attached hydrogens (tertiary/aromatic N) is 1. The molecular formula is C13H15FN2O3. The van der Waals surface area contributed by atoms with Gasteiger partial charge in [-0.05, 0) is 19.1 Å². The molecule has 0 amide bonds. The van der Waals surface area contributed by atoms with Crippen LogP contribution in [0.25, 0.3) is 11.1 Å². The molecular weight excluding hydrogens is 251 g/mol. The van der Waals surface area contributed by atoms with Crippen LogP contribution in [0.5, 0.6) is 0 Å². The van der Waals surface area contributed by atoms with Gasteiger partial charge >= 0.3 is 0 Å². The van der Waals surface area contributed by atoms with Gasteiger partial charge < -0.3 is 19.2 Å². The second-order valence-electron chi connectivity index (χ2n) is 4.64. The molecule has 3 rings (SSSR count). The average Bonchev–Trinajstić information content (AvgIpc) is 2.95. The fraction of sp³-hybridized carbons (Fsp3) is 0.462. The summed E-state index contributed by atoms with van der Waals surface area (Å²) in [6, 6.07) is 4.63. The maximum atomic E-state index is 13.0. The van der Waals surface area contributed by atoms with Crippen LogP contribution in [0.1, 0.15) is 13.3 Å². The molecule has 1 fully saturated rings. The van der Waals surface area contributed by atoms with Crippen LogP contribution < -0.4 is 5.32 Å². The molecule has 1 aliphatic rings. The van der Waals surface area contributed by atoms with E-state index in [1.54, 1.807) is 6.07 Å². The van der Waals surface area contributed by atoms with Crippen molar-refractivity contribution < 1.29 is 18.3 Å². The number of halogens is 1. The van der Waals surface area contributed by atoms with Crippen molar-refractivity contribution in [2.45, 2.75) is 19.1 Å². The number of anilines is 1. The van der Waals surface area contributed by atoms with Gasteiger partial charge in [0.15, 0.2) is 11.4 Å². The SMILES string of the molecule is CC1(CCNc2nc3cc(F)ccc3o2)OCCO1. The normalized spacial score (nSPS) is 18.0. The van der Waals surface area contributed by atoms with Gasteiger partial charge in [-0.1, -0.05) is 0 Å². The van der Waals surface area contributed by atoms with Crippen LogP contribution in [0.4, 0.5) is 10.4 Å². The van der Waals surface area contributed by atoms with E-state index in [4.69, 9.17) is 13.9 Å². The Morgan fingerprint density at radius 2 is 2.16 bits per heavy atom. The molecule has 0 spiro atoms. The number of oxazole rings is 1. The van der Waals surface area contributed by atoms with Gasteiger partial charge in [-0.3, -0.25) is 0 Å². The lowest BCUT2D eigenvalue weighted by Crippen LogP contribution is -2.28. The Hall–Kier alpha value is -1.66. The minimum atomic E-state index is -0.537. The van der Waals surface area contributed by atoms with Gasteiger partial charge in [-0.2, -0.15) is 4.98 Å². The van der Waals surface area contributed by atoms with Crippen molar-refractivity contribution in [3.05, 3.63) is 24.0 Å². The molecule has 1 N–H and O–H groups in total. The van der Waals surface area contributed by atoms with E-state index in [2.05, 4.69) is 10.3 Å². The van der Waals surface area contributed by atoms with Gasteiger partial charge in [-0.25, -0.2) is 4.39 Å². The molecule has 1 aromatic heterocycles. The Kier molecular flexibility index (Phi) is 3.12. The number of benzene rings is 1. The summed E-state index contributed by atoms with van der Waals surface area (Å²) in [5, 5.41) is 3.05. The highest BCUT2D eigenvalue weighted by atomic mass is 19.1. The first-order chi connectivity index (χ1) is 9.15. The molecule has 6 heteroatoms. The molecule has 1 aliphatic heterocycles. The van der Waals surface area contributed by atoms with Crippen molar-refractivity contribution in [1.82, 2.24) is 4.98 Å². The zero-order valence-electron chi connectivity index (χ0n) is 10.6. The summed E-state index contributed by atoms with van der Waals surface area (Å²) < 4.78 is 29.4. The van der Waals surface area contributed by atoms with Gasteiger partial charge in [0.2, 0.25) is 0 Å². The Labute approximate surface area is 109 Å². The predicted molar refractivity (Wildman–Crippen MR) is 67.4 cm³/mol. The van der Waals surface area contributed by atoms with E-state index in [1.807, 2.05) is 6.92 Å². The quantitative estimate of drug-likeness (QED) is 0.921. The Balaban J connectivity index is 1.62. The van der Waals surface area contributed by atoms with Crippen LogP contribution in [0.3, 0.4) is 0 Å². The maximum absolute atomic E-state index is 13.0. The van der Waals surface area contributed by atoms with Crippen LogP contribution in [0.15, 0.2) is 22.6 Å². The molecule has 0 bridgehead atoms. The second-order valence-corrected chi connectivity index (χ2v) is 4.64. The Bertz CT molecular complexity index is 578. The summed E-state index contributed by atoms with van der Waals surface area (Å²) >= 11 is 0. The number of fused-ring (bicyclic) bond motifs is 1. The van der Waals surface area contributed by atoms with Crippen molar-refractivity contribution in [1.29, 1.82) is 0 Å². The third-order valence-electron chi connectivity index (χ3n) is 3.10. The van der Waals surface area contributed by atoms with E-state index in [9.17, 15) is 4.39 Å². The lowest BCUT2D eigenvalue weighted by molar-refractivity contribution is -0.144. The molecule has 0 unspecified atom stereocenters. The third kappa shape index (κ3) is 2.69. The topological polar surface area (TPSA) is 56.5 Å². The van der Waals surface area contributed by atoms with Crippen molar-refractivity contribution in [3.8, 4) is 0 Å². The number of hydrogen-bond acceptors (Lipinski definition) is 5. The zero-order chi connectivity index (χ0) is 13.3. The number of ether oxygens (including phenoxy) is 2. The minimum Gasteiger partial charge on any atom is -0.424 e. The predicted octanol–water partition coefficient (Wildman–Crippen LogP) is 2.53. The van der Waals surface area contributed by atoms with Gasteiger partial charge in [-0.15, -0.1) is 0 Å². The van der Waals surface area contributed by atoms with Crippen LogP contribution >= 0.6 is 0 Å². The largest absolute Gasteiger partial charge is 0.424 e. The van der Waals surface area contributed by atoms with E-state index in [0.29, 0.717) is 43.3 Å². The standard InChI is InChI=1S/C13H15FN2O3/c1-13(17-6-7-18-13)4-5-15-12-16-10-8-9(14)2-3-11(10)19-12/h2-3,8H,4-7H2,1H3,(H,15,16). The van der Waals surface area contributed by atoms with Crippen LogP contribution in [0, 0.1) is 5.82 Å². The summed E-state index contributed by atoms with van der Waals surface area (Å²) in [6.07, 6.45) is 0.681. The van der Waals surface area contributed by atoms with E-state index in [0.717, 1.165) is 0 Å². The highest BCUT2D eigenvalue weighted by Crippen LogP contribution is 2.23. The smallest absolute Gasteiger partial charge is 0.295 e. The number of aromatic nitrogens is 1. The number of nitrogens with one attached hydrogen (secondary N) is 1. The molecule has 0 radical (unpaired) electrons. The summed E-state index contributed by atoms with van der Waals surface area (Å²) in [5.74, 6) is -0.863. The second kappa shape index (κ2) is 4.79. The molecule has 0 aliphatic carbocycles. The number of hydrogen-bond donors (Lipinski definition) is 1.